The van der Waals surface area contributed by atoms with Crippen LogP contribution in [-0.2, 0) is 20.8 Å². The van der Waals surface area contributed by atoms with E-state index in [-0.39, 0.29) is 24.0 Å². The number of likely N-dealkylation sites (tertiary alicyclic amines) is 1. The third-order valence-corrected chi connectivity index (χ3v) is 5.36. The largest absolute Gasteiger partial charge is 0.378 e. The summed E-state index contributed by atoms with van der Waals surface area (Å²) in [5, 5.41) is 0. The molecule has 3 atom stereocenters. The van der Waals surface area contributed by atoms with Gasteiger partial charge in [-0.05, 0) is 18.9 Å². The van der Waals surface area contributed by atoms with Gasteiger partial charge in [0.1, 0.15) is 0 Å². The number of fused-ring (bicyclic) bond motifs is 2. The van der Waals surface area contributed by atoms with E-state index in [0.29, 0.717) is 13.2 Å². The second kappa shape index (κ2) is 6.82. The van der Waals surface area contributed by atoms with Crippen LogP contribution in [0.1, 0.15) is 17.5 Å². The quantitative estimate of drug-likeness (QED) is 0.841. The van der Waals surface area contributed by atoms with Gasteiger partial charge in [-0.1, -0.05) is 29.8 Å². The Morgan fingerprint density at radius 3 is 2.88 bits per heavy atom. The highest BCUT2D eigenvalue weighted by molar-refractivity contribution is 5.80. The van der Waals surface area contributed by atoms with E-state index in [2.05, 4.69) is 36.1 Å². The number of carbonyl (C=O) groups excluding carboxylic acids is 1. The van der Waals surface area contributed by atoms with E-state index in [1.807, 2.05) is 4.90 Å². The molecule has 0 N–H and O–H groups in total. The zero-order chi connectivity index (χ0) is 16.5. The Hall–Kier alpha value is -1.43. The number of amides is 1. The highest BCUT2D eigenvalue weighted by atomic mass is 16.5. The summed E-state index contributed by atoms with van der Waals surface area (Å²) in [4.78, 5) is 17.2. The molecule has 5 heteroatoms. The number of hydrogen-bond donors (Lipinski definition) is 0. The number of aryl methyl sites for hydroxylation is 1. The van der Waals surface area contributed by atoms with Crippen LogP contribution in [0.2, 0.25) is 0 Å². The van der Waals surface area contributed by atoms with Crippen molar-refractivity contribution in [3.05, 3.63) is 35.4 Å². The van der Waals surface area contributed by atoms with Crippen LogP contribution in [0.3, 0.4) is 0 Å². The van der Waals surface area contributed by atoms with Gasteiger partial charge in [0.05, 0.1) is 31.3 Å². The van der Waals surface area contributed by atoms with Crippen LogP contribution in [0, 0.1) is 12.8 Å². The minimum absolute atomic E-state index is 0.0237. The van der Waals surface area contributed by atoms with Gasteiger partial charge in [0.15, 0.2) is 0 Å². The molecule has 1 amide bonds. The van der Waals surface area contributed by atoms with Gasteiger partial charge in [-0.15, -0.1) is 0 Å². The lowest BCUT2D eigenvalue weighted by atomic mass is 9.98. The van der Waals surface area contributed by atoms with Crippen LogP contribution in [0.5, 0.6) is 0 Å². The number of ether oxygens (including phenoxy) is 2. The van der Waals surface area contributed by atoms with E-state index in [1.165, 1.54) is 11.1 Å². The van der Waals surface area contributed by atoms with Crippen molar-refractivity contribution in [2.75, 3.05) is 39.4 Å². The summed E-state index contributed by atoms with van der Waals surface area (Å²) in [6, 6.07) is 8.67. The summed E-state index contributed by atoms with van der Waals surface area (Å²) in [6.45, 7) is 7.61. The summed E-state index contributed by atoms with van der Waals surface area (Å²) >= 11 is 0. The number of carbonyl (C=O) groups is 1. The van der Waals surface area contributed by atoms with Crippen molar-refractivity contribution in [1.82, 2.24) is 9.80 Å². The minimum atomic E-state index is 0.0237. The first kappa shape index (κ1) is 16.1. The summed E-state index contributed by atoms with van der Waals surface area (Å²) in [7, 11) is 0. The maximum atomic E-state index is 12.8. The first-order chi connectivity index (χ1) is 11.7. The molecule has 3 aliphatic heterocycles. The normalized spacial score (nSPS) is 30.5. The van der Waals surface area contributed by atoms with E-state index in [4.69, 9.17) is 9.47 Å². The minimum Gasteiger partial charge on any atom is -0.378 e. The number of rotatable bonds is 3. The van der Waals surface area contributed by atoms with Crippen molar-refractivity contribution in [1.29, 1.82) is 0 Å². The lowest BCUT2D eigenvalue weighted by molar-refractivity contribution is -0.142. The van der Waals surface area contributed by atoms with E-state index >= 15 is 0 Å². The molecule has 0 aromatic heterocycles. The second-order valence-corrected chi connectivity index (χ2v) is 7.26. The fraction of sp³-hybridized carbons (Fsp3) is 0.632. The Bertz CT molecular complexity index is 600. The second-order valence-electron chi connectivity index (χ2n) is 7.26. The molecule has 3 saturated heterocycles. The summed E-state index contributed by atoms with van der Waals surface area (Å²) < 4.78 is 11.5. The average molecular weight is 330 g/mol. The first-order valence-corrected chi connectivity index (χ1v) is 8.99. The van der Waals surface area contributed by atoms with Gasteiger partial charge < -0.3 is 14.4 Å². The maximum Gasteiger partial charge on any atom is 0.228 e. The standard InChI is InChI=1S/C19H26N2O3/c1-14-3-2-4-15(9-14)11-20-12-16-10-17(18(13-20)24-16)19(22)21-5-7-23-8-6-21/h2-4,9,16-18H,5-8,10-13H2,1H3/t16-,17+,18-/m0/s1. The summed E-state index contributed by atoms with van der Waals surface area (Å²) in [6.07, 6.45) is 1.11. The molecule has 1 aromatic carbocycles. The van der Waals surface area contributed by atoms with Crippen molar-refractivity contribution < 1.29 is 14.3 Å². The van der Waals surface area contributed by atoms with Gasteiger partial charge in [0.2, 0.25) is 5.91 Å². The predicted octanol–water partition coefficient (Wildman–Crippen LogP) is 1.44. The molecule has 0 unspecified atom stereocenters. The van der Waals surface area contributed by atoms with Crippen LogP contribution in [0.4, 0.5) is 0 Å². The van der Waals surface area contributed by atoms with E-state index < -0.39 is 0 Å². The van der Waals surface area contributed by atoms with Crippen LogP contribution in [0.25, 0.3) is 0 Å². The smallest absolute Gasteiger partial charge is 0.228 e. The Kier molecular flexibility index (Phi) is 4.57. The lowest BCUT2D eigenvalue weighted by Gasteiger charge is -2.34. The van der Waals surface area contributed by atoms with Gasteiger partial charge in [0.25, 0.3) is 0 Å². The molecule has 0 aliphatic carbocycles. The average Bonchev–Trinajstić information content (AvgIpc) is 2.89. The molecule has 3 aliphatic rings. The topological polar surface area (TPSA) is 42.0 Å². The lowest BCUT2D eigenvalue weighted by Crippen LogP contribution is -2.48. The Morgan fingerprint density at radius 2 is 2.08 bits per heavy atom. The molecule has 130 valence electrons. The number of morpholine rings is 2. The molecule has 3 heterocycles. The maximum absolute atomic E-state index is 12.8. The van der Waals surface area contributed by atoms with Crippen LogP contribution in [0.15, 0.2) is 24.3 Å². The molecule has 0 spiro atoms. The van der Waals surface area contributed by atoms with Crippen molar-refractivity contribution in [3.8, 4) is 0 Å². The SMILES string of the molecule is Cc1cccc(CN2C[C@@H]3C[C@@H](C(=O)N4CCOCC4)[C@H](C2)O3)c1. The molecule has 2 bridgehead atoms. The molecule has 0 saturated carbocycles. The molecule has 24 heavy (non-hydrogen) atoms. The van der Waals surface area contributed by atoms with Gasteiger partial charge >= 0.3 is 0 Å². The van der Waals surface area contributed by atoms with Crippen molar-refractivity contribution >= 4 is 5.91 Å². The highest BCUT2D eigenvalue weighted by Crippen LogP contribution is 2.34. The molecule has 3 fully saturated rings. The monoisotopic (exact) mass is 330 g/mol. The van der Waals surface area contributed by atoms with Gasteiger partial charge in [-0.25, -0.2) is 0 Å². The van der Waals surface area contributed by atoms with Crippen molar-refractivity contribution in [3.63, 3.8) is 0 Å². The van der Waals surface area contributed by atoms with Gasteiger partial charge in [0, 0.05) is 32.7 Å². The number of hydrogen-bond acceptors (Lipinski definition) is 4. The Morgan fingerprint density at radius 1 is 1.25 bits per heavy atom. The number of nitrogens with zero attached hydrogens (tertiary/aromatic N) is 2. The predicted molar refractivity (Wildman–Crippen MR) is 90.6 cm³/mol. The Balaban J connectivity index is 1.39. The van der Waals surface area contributed by atoms with E-state index in [0.717, 1.165) is 39.1 Å². The van der Waals surface area contributed by atoms with E-state index in [1.54, 1.807) is 0 Å². The molecule has 4 rings (SSSR count). The zero-order valence-corrected chi connectivity index (χ0v) is 14.3. The Labute approximate surface area is 143 Å². The summed E-state index contributed by atoms with van der Waals surface area (Å²) in [5.74, 6) is 0.291. The van der Waals surface area contributed by atoms with E-state index in [9.17, 15) is 4.79 Å². The fourth-order valence-corrected chi connectivity index (χ4v) is 4.21. The van der Waals surface area contributed by atoms with Gasteiger partial charge in [-0.2, -0.15) is 0 Å². The third kappa shape index (κ3) is 3.34. The molecular formula is C19H26N2O3. The van der Waals surface area contributed by atoms with Gasteiger partial charge in [-0.3, -0.25) is 9.69 Å². The van der Waals surface area contributed by atoms with Crippen molar-refractivity contribution in [2.24, 2.45) is 5.92 Å². The number of benzene rings is 1. The first-order valence-electron chi connectivity index (χ1n) is 8.99. The molecular weight excluding hydrogens is 304 g/mol. The molecule has 1 aromatic rings. The highest BCUT2D eigenvalue weighted by Gasteiger charge is 2.45. The molecule has 0 radical (unpaired) electrons. The van der Waals surface area contributed by atoms with Crippen molar-refractivity contribution in [2.45, 2.75) is 32.1 Å². The van der Waals surface area contributed by atoms with Crippen LogP contribution < -0.4 is 0 Å². The molecule has 5 nitrogen and oxygen atoms in total. The fourth-order valence-electron chi connectivity index (χ4n) is 4.21. The summed E-state index contributed by atoms with van der Waals surface area (Å²) in [5.41, 5.74) is 2.64. The van der Waals surface area contributed by atoms with Crippen LogP contribution >= 0.6 is 0 Å². The van der Waals surface area contributed by atoms with Crippen LogP contribution in [-0.4, -0.2) is 67.3 Å². The third-order valence-electron chi connectivity index (χ3n) is 5.36. The zero-order valence-electron chi connectivity index (χ0n) is 14.3.